The smallest absolute Gasteiger partial charge is 0.142 e. The zero-order chi connectivity index (χ0) is 15.2. The first-order valence-electron chi connectivity index (χ1n) is 6.84. The molecule has 1 aromatic heterocycles. The Morgan fingerprint density at radius 1 is 1.24 bits per heavy atom. The van der Waals surface area contributed by atoms with Gasteiger partial charge in [0.2, 0.25) is 0 Å². The van der Waals surface area contributed by atoms with E-state index in [1.54, 1.807) is 18.4 Å². The minimum atomic E-state index is 0.230. The summed E-state index contributed by atoms with van der Waals surface area (Å²) in [6.45, 7) is 5.35. The van der Waals surface area contributed by atoms with Crippen LogP contribution >= 0.6 is 27.3 Å². The second kappa shape index (κ2) is 7.82. The number of aryl methyl sites for hydroxylation is 1. The topological polar surface area (TPSA) is 30.5 Å². The quantitative estimate of drug-likeness (QED) is 0.695. The molecule has 1 heterocycles. The van der Waals surface area contributed by atoms with Crippen molar-refractivity contribution in [2.75, 3.05) is 25.6 Å². The SMILES string of the molecule is COCCOc1cc(C)ccc1NC(C)c1ccc(Br)s1. The average molecular weight is 370 g/mol. The maximum Gasteiger partial charge on any atom is 0.142 e. The van der Waals surface area contributed by atoms with Crippen LogP contribution in [0.1, 0.15) is 23.4 Å². The lowest BCUT2D eigenvalue weighted by Crippen LogP contribution is -2.09. The highest BCUT2D eigenvalue weighted by atomic mass is 79.9. The van der Waals surface area contributed by atoms with Crippen molar-refractivity contribution in [3.05, 3.63) is 44.6 Å². The first-order valence-corrected chi connectivity index (χ1v) is 8.45. The highest BCUT2D eigenvalue weighted by molar-refractivity contribution is 9.11. The van der Waals surface area contributed by atoms with E-state index in [4.69, 9.17) is 9.47 Å². The van der Waals surface area contributed by atoms with Gasteiger partial charge in [-0.3, -0.25) is 0 Å². The van der Waals surface area contributed by atoms with Crippen molar-refractivity contribution in [3.63, 3.8) is 0 Å². The minimum Gasteiger partial charge on any atom is -0.489 e. The third-order valence-electron chi connectivity index (χ3n) is 3.07. The van der Waals surface area contributed by atoms with Crippen molar-refractivity contribution in [3.8, 4) is 5.75 Å². The number of ether oxygens (including phenoxy) is 2. The summed E-state index contributed by atoms with van der Waals surface area (Å²) in [7, 11) is 1.68. The van der Waals surface area contributed by atoms with Gasteiger partial charge in [-0.2, -0.15) is 0 Å². The molecule has 0 saturated carbocycles. The minimum absolute atomic E-state index is 0.230. The van der Waals surface area contributed by atoms with E-state index in [2.05, 4.69) is 65.4 Å². The van der Waals surface area contributed by atoms with Crippen LogP contribution in [0.25, 0.3) is 0 Å². The van der Waals surface area contributed by atoms with Gasteiger partial charge >= 0.3 is 0 Å². The largest absolute Gasteiger partial charge is 0.489 e. The van der Waals surface area contributed by atoms with Gasteiger partial charge in [0.15, 0.2) is 0 Å². The van der Waals surface area contributed by atoms with Gasteiger partial charge in [-0.15, -0.1) is 11.3 Å². The van der Waals surface area contributed by atoms with Crippen molar-refractivity contribution >= 4 is 33.0 Å². The molecule has 0 radical (unpaired) electrons. The Morgan fingerprint density at radius 3 is 2.71 bits per heavy atom. The molecule has 21 heavy (non-hydrogen) atoms. The summed E-state index contributed by atoms with van der Waals surface area (Å²) in [5, 5.41) is 3.52. The summed E-state index contributed by atoms with van der Waals surface area (Å²) in [5.74, 6) is 0.870. The van der Waals surface area contributed by atoms with Crippen molar-refractivity contribution in [2.45, 2.75) is 19.9 Å². The molecule has 1 unspecified atom stereocenters. The Hall–Kier alpha value is -1.04. The predicted molar refractivity (Wildman–Crippen MR) is 92.6 cm³/mol. The van der Waals surface area contributed by atoms with Crippen molar-refractivity contribution in [1.82, 2.24) is 0 Å². The Bertz CT molecular complexity index is 585. The summed E-state index contributed by atoms with van der Waals surface area (Å²) in [6, 6.07) is 10.6. The zero-order valence-corrected chi connectivity index (χ0v) is 14.9. The lowest BCUT2D eigenvalue weighted by molar-refractivity contribution is 0.146. The van der Waals surface area contributed by atoms with E-state index in [1.165, 1.54) is 10.4 Å². The Labute approximate surface area is 138 Å². The molecule has 1 N–H and O–H groups in total. The summed E-state index contributed by atoms with van der Waals surface area (Å²) in [6.07, 6.45) is 0. The molecule has 1 atom stereocenters. The molecule has 0 aliphatic heterocycles. The number of methoxy groups -OCH3 is 1. The molecule has 0 bridgehead atoms. The van der Waals surface area contributed by atoms with Gasteiger partial charge < -0.3 is 14.8 Å². The van der Waals surface area contributed by atoms with E-state index < -0.39 is 0 Å². The highest BCUT2D eigenvalue weighted by Crippen LogP contribution is 2.33. The van der Waals surface area contributed by atoms with Gasteiger partial charge in [-0.05, 0) is 59.6 Å². The molecule has 1 aromatic carbocycles. The fourth-order valence-electron chi connectivity index (χ4n) is 1.97. The maximum atomic E-state index is 5.81. The number of anilines is 1. The molecule has 5 heteroatoms. The number of hydrogen-bond donors (Lipinski definition) is 1. The zero-order valence-electron chi connectivity index (χ0n) is 12.5. The van der Waals surface area contributed by atoms with Crippen LogP contribution in [0.5, 0.6) is 5.75 Å². The molecule has 3 nitrogen and oxygen atoms in total. The molecule has 0 aliphatic carbocycles. The normalized spacial score (nSPS) is 12.2. The third kappa shape index (κ3) is 4.73. The van der Waals surface area contributed by atoms with Crippen LogP contribution in [0.4, 0.5) is 5.69 Å². The Morgan fingerprint density at radius 2 is 2.05 bits per heavy atom. The van der Waals surface area contributed by atoms with Crippen LogP contribution in [0.15, 0.2) is 34.1 Å². The van der Waals surface area contributed by atoms with Gasteiger partial charge in [-0.25, -0.2) is 0 Å². The number of hydrogen-bond acceptors (Lipinski definition) is 4. The van der Waals surface area contributed by atoms with Gasteiger partial charge in [0.25, 0.3) is 0 Å². The lowest BCUT2D eigenvalue weighted by atomic mass is 10.2. The van der Waals surface area contributed by atoms with Crippen LogP contribution < -0.4 is 10.1 Å². The monoisotopic (exact) mass is 369 g/mol. The molecular formula is C16H20BrNO2S. The highest BCUT2D eigenvalue weighted by Gasteiger charge is 2.11. The van der Waals surface area contributed by atoms with E-state index in [-0.39, 0.29) is 6.04 Å². The van der Waals surface area contributed by atoms with Gasteiger partial charge in [-0.1, -0.05) is 6.07 Å². The van der Waals surface area contributed by atoms with Gasteiger partial charge in [0.05, 0.1) is 22.1 Å². The van der Waals surface area contributed by atoms with E-state index in [0.29, 0.717) is 13.2 Å². The predicted octanol–water partition coefficient (Wildman–Crippen LogP) is 5.02. The summed E-state index contributed by atoms with van der Waals surface area (Å²) < 4.78 is 12.0. The molecule has 114 valence electrons. The first kappa shape index (κ1) is 16.3. The Balaban J connectivity index is 2.10. The van der Waals surface area contributed by atoms with E-state index >= 15 is 0 Å². The summed E-state index contributed by atoms with van der Waals surface area (Å²) >= 11 is 5.24. The van der Waals surface area contributed by atoms with Crippen LogP contribution in [-0.4, -0.2) is 20.3 Å². The standard InChI is InChI=1S/C16H20BrNO2S/c1-11-4-5-13(14(10-11)20-9-8-19-3)18-12(2)15-6-7-16(17)21-15/h4-7,10,12,18H,8-9H2,1-3H3. The molecule has 0 amide bonds. The van der Waals surface area contributed by atoms with Gasteiger partial charge in [0.1, 0.15) is 12.4 Å². The number of thiophene rings is 1. The maximum absolute atomic E-state index is 5.81. The number of nitrogens with one attached hydrogen (secondary N) is 1. The summed E-state index contributed by atoms with van der Waals surface area (Å²) in [5.41, 5.74) is 2.19. The molecule has 0 aliphatic rings. The fraction of sp³-hybridized carbons (Fsp3) is 0.375. The number of benzene rings is 1. The molecular weight excluding hydrogens is 350 g/mol. The average Bonchev–Trinajstić information content (AvgIpc) is 2.88. The van der Waals surface area contributed by atoms with Crippen LogP contribution in [-0.2, 0) is 4.74 Å². The molecule has 0 spiro atoms. The van der Waals surface area contributed by atoms with Crippen molar-refractivity contribution in [2.24, 2.45) is 0 Å². The fourth-order valence-corrected chi connectivity index (χ4v) is 3.39. The second-order valence-electron chi connectivity index (χ2n) is 4.85. The van der Waals surface area contributed by atoms with Crippen LogP contribution in [0, 0.1) is 6.92 Å². The molecule has 2 aromatic rings. The molecule has 0 fully saturated rings. The van der Waals surface area contributed by atoms with Crippen molar-refractivity contribution < 1.29 is 9.47 Å². The number of rotatable bonds is 7. The second-order valence-corrected chi connectivity index (χ2v) is 7.34. The van der Waals surface area contributed by atoms with E-state index in [9.17, 15) is 0 Å². The molecule has 2 rings (SSSR count). The first-order chi connectivity index (χ1) is 10.1. The number of halogens is 1. The molecule has 0 saturated heterocycles. The Kier molecular flexibility index (Phi) is 6.08. The lowest BCUT2D eigenvalue weighted by Gasteiger charge is -2.18. The van der Waals surface area contributed by atoms with E-state index in [1.807, 2.05) is 0 Å². The van der Waals surface area contributed by atoms with Gasteiger partial charge in [0, 0.05) is 12.0 Å². The van der Waals surface area contributed by atoms with E-state index in [0.717, 1.165) is 15.2 Å². The van der Waals surface area contributed by atoms with Crippen LogP contribution in [0.3, 0.4) is 0 Å². The summed E-state index contributed by atoms with van der Waals surface area (Å²) in [4.78, 5) is 1.28. The third-order valence-corrected chi connectivity index (χ3v) is 4.88. The van der Waals surface area contributed by atoms with Crippen molar-refractivity contribution in [1.29, 1.82) is 0 Å². The van der Waals surface area contributed by atoms with Crippen LogP contribution in [0.2, 0.25) is 0 Å².